The van der Waals surface area contributed by atoms with Gasteiger partial charge in [0.15, 0.2) is 0 Å². The third-order valence-electron chi connectivity index (χ3n) is 5.67. The van der Waals surface area contributed by atoms with Crippen molar-refractivity contribution in [2.75, 3.05) is 0 Å². The van der Waals surface area contributed by atoms with Gasteiger partial charge in [-0.3, -0.25) is 9.59 Å². The van der Waals surface area contributed by atoms with Crippen molar-refractivity contribution in [3.63, 3.8) is 0 Å². The highest BCUT2D eigenvalue weighted by atomic mass is 16.2. The Hall–Kier alpha value is -2.66. The molecule has 0 aliphatic carbocycles. The van der Waals surface area contributed by atoms with E-state index in [9.17, 15) is 9.59 Å². The fourth-order valence-electron chi connectivity index (χ4n) is 4.85. The summed E-state index contributed by atoms with van der Waals surface area (Å²) in [5, 5.41) is 2.97. The molecule has 0 spiro atoms. The van der Waals surface area contributed by atoms with E-state index < -0.39 is 28.9 Å². The first-order valence-electron chi connectivity index (χ1n) is 10.1. The van der Waals surface area contributed by atoms with Gasteiger partial charge in [0.1, 0.15) is 0 Å². The first-order chi connectivity index (χ1) is 13.6. The number of hydrogen-bond acceptors (Lipinski definition) is 3. The average Bonchev–Trinajstić information content (AvgIpc) is 2.64. The lowest BCUT2D eigenvalue weighted by atomic mass is 9.77. The summed E-state index contributed by atoms with van der Waals surface area (Å²) in [5.74, 6) is -1.11. The highest BCUT2D eigenvalue weighted by molar-refractivity contribution is 6.35. The maximum Gasteiger partial charge on any atom is 0.312 e. The molecule has 0 atom stereocenters. The topological polar surface area (TPSA) is 75.4 Å². The van der Waals surface area contributed by atoms with Crippen molar-refractivity contribution in [1.82, 2.24) is 10.2 Å². The van der Waals surface area contributed by atoms with Crippen molar-refractivity contribution in [3.8, 4) is 0 Å². The van der Waals surface area contributed by atoms with Crippen LogP contribution in [0.25, 0.3) is 0 Å². The smallest absolute Gasteiger partial charge is 0.312 e. The number of piperidine rings is 1. The zero-order chi connectivity index (χ0) is 21.2. The molecule has 2 amide bonds. The van der Waals surface area contributed by atoms with Crippen molar-refractivity contribution in [2.24, 2.45) is 5.73 Å². The van der Waals surface area contributed by atoms with E-state index in [-0.39, 0.29) is 6.04 Å². The summed E-state index contributed by atoms with van der Waals surface area (Å²) in [6.07, 6.45) is 1.33. The number of rotatable bonds is 3. The fourth-order valence-corrected chi connectivity index (χ4v) is 4.85. The molecule has 2 aromatic carbocycles. The van der Waals surface area contributed by atoms with Crippen molar-refractivity contribution in [3.05, 3.63) is 71.8 Å². The molecule has 5 heteroatoms. The van der Waals surface area contributed by atoms with Gasteiger partial charge in [-0.1, -0.05) is 60.7 Å². The van der Waals surface area contributed by atoms with Gasteiger partial charge in [-0.15, -0.1) is 0 Å². The van der Waals surface area contributed by atoms with Gasteiger partial charge < -0.3 is 16.0 Å². The van der Waals surface area contributed by atoms with Crippen LogP contribution in [0.15, 0.2) is 60.7 Å². The van der Waals surface area contributed by atoms with Gasteiger partial charge in [-0.05, 0) is 51.7 Å². The zero-order valence-electron chi connectivity index (χ0n) is 17.7. The molecule has 0 aromatic heterocycles. The molecular formula is C24H31N3O2. The molecule has 3 rings (SSSR count). The van der Waals surface area contributed by atoms with E-state index in [1.54, 1.807) is 4.90 Å². The molecule has 0 radical (unpaired) electrons. The SMILES string of the molecule is CC1(C)CC(N)CC(C)(C)N1C(=O)C(=O)NC(c1ccccc1)c1ccccc1. The first kappa shape index (κ1) is 21.1. The van der Waals surface area contributed by atoms with E-state index in [1.165, 1.54) is 0 Å². The number of benzene rings is 2. The molecule has 1 aliphatic heterocycles. The van der Waals surface area contributed by atoms with Gasteiger partial charge in [0.25, 0.3) is 0 Å². The molecule has 0 bridgehead atoms. The van der Waals surface area contributed by atoms with E-state index in [0.29, 0.717) is 12.8 Å². The second-order valence-electron chi connectivity index (χ2n) is 9.16. The number of nitrogens with two attached hydrogens (primary N) is 1. The summed E-state index contributed by atoms with van der Waals surface area (Å²) in [5.41, 5.74) is 7.09. The molecule has 0 saturated carbocycles. The van der Waals surface area contributed by atoms with Crippen LogP contribution in [0.3, 0.4) is 0 Å². The Labute approximate surface area is 173 Å². The summed E-state index contributed by atoms with van der Waals surface area (Å²) in [7, 11) is 0. The largest absolute Gasteiger partial charge is 0.337 e. The predicted octanol–water partition coefficient (Wildman–Crippen LogP) is 3.40. The summed E-state index contributed by atoms with van der Waals surface area (Å²) >= 11 is 0. The molecule has 3 N–H and O–H groups in total. The van der Waals surface area contributed by atoms with Crippen LogP contribution < -0.4 is 11.1 Å². The molecule has 1 saturated heterocycles. The zero-order valence-corrected chi connectivity index (χ0v) is 17.7. The van der Waals surface area contributed by atoms with E-state index in [0.717, 1.165) is 11.1 Å². The molecule has 154 valence electrons. The lowest BCUT2D eigenvalue weighted by molar-refractivity contribution is -0.159. The molecule has 1 fully saturated rings. The lowest BCUT2D eigenvalue weighted by Gasteiger charge is -2.54. The van der Waals surface area contributed by atoms with Gasteiger partial charge in [-0.2, -0.15) is 0 Å². The third kappa shape index (κ3) is 4.51. The Morgan fingerprint density at radius 1 is 0.897 bits per heavy atom. The number of likely N-dealkylation sites (tertiary alicyclic amines) is 1. The van der Waals surface area contributed by atoms with Crippen molar-refractivity contribution in [2.45, 2.75) is 63.7 Å². The highest BCUT2D eigenvalue weighted by Crippen LogP contribution is 2.38. The van der Waals surface area contributed by atoms with Gasteiger partial charge in [0.05, 0.1) is 6.04 Å². The highest BCUT2D eigenvalue weighted by Gasteiger charge is 2.48. The fraction of sp³-hybridized carbons (Fsp3) is 0.417. The minimum absolute atomic E-state index is 0.00787. The quantitative estimate of drug-likeness (QED) is 0.785. The van der Waals surface area contributed by atoms with Crippen molar-refractivity contribution in [1.29, 1.82) is 0 Å². The van der Waals surface area contributed by atoms with Crippen molar-refractivity contribution >= 4 is 11.8 Å². The van der Waals surface area contributed by atoms with Gasteiger partial charge in [0.2, 0.25) is 0 Å². The van der Waals surface area contributed by atoms with Crippen molar-refractivity contribution < 1.29 is 9.59 Å². The Morgan fingerprint density at radius 2 is 1.31 bits per heavy atom. The number of carbonyl (C=O) groups excluding carboxylic acids is 2. The molecule has 0 unspecified atom stereocenters. The summed E-state index contributed by atoms with van der Waals surface area (Å²) in [6.45, 7) is 7.91. The Morgan fingerprint density at radius 3 is 1.72 bits per heavy atom. The van der Waals surface area contributed by atoms with Crippen LogP contribution in [0, 0.1) is 0 Å². The molecule has 29 heavy (non-hydrogen) atoms. The average molecular weight is 394 g/mol. The Bertz CT molecular complexity index is 805. The van der Waals surface area contributed by atoms with E-state index in [4.69, 9.17) is 5.73 Å². The molecule has 2 aromatic rings. The standard InChI is InChI=1S/C24H31N3O2/c1-23(2)15-19(25)16-24(3,4)27(23)22(29)21(28)26-20(17-11-7-5-8-12-17)18-13-9-6-10-14-18/h5-14,19-20H,15-16,25H2,1-4H3,(H,26,28). The second-order valence-corrected chi connectivity index (χ2v) is 9.16. The maximum atomic E-state index is 13.3. The van der Waals surface area contributed by atoms with Gasteiger partial charge >= 0.3 is 11.8 Å². The van der Waals surface area contributed by atoms with Crippen LogP contribution in [0.5, 0.6) is 0 Å². The third-order valence-corrected chi connectivity index (χ3v) is 5.67. The van der Waals surface area contributed by atoms with Crippen LogP contribution in [0.2, 0.25) is 0 Å². The van der Waals surface area contributed by atoms with E-state index in [1.807, 2.05) is 88.4 Å². The monoisotopic (exact) mass is 393 g/mol. The second kappa shape index (κ2) is 7.99. The summed E-state index contributed by atoms with van der Waals surface area (Å²) in [4.78, 5) is 28.1. The lowest BCUT2D eigenvalue weighted by Crippen LogP contribution is -2.67. The minimum Gasteiger partial charge on any atom is -0.337 e. The molecule has 1 aliphatic rings. The number of nitrogens with zero attached hydrogens (tertiary/aromatic N) is 1. The number of carbonyl (C=O) groups is 2. The minimum atomic E-state index is -0.598. The maximum absolute atomic E-state index is 13.3. The molecule has 1 heterocycles. The van der Waals surface area contributed by atoms with Crippen LogP contribution in [-0.2, 0) is 9.59 Å². The molecular weight excluding hydrogens is 362 g/mol. The van der Waals surface area contributed by atoms with Gasteiger partial charge in [-0.25, -0.2) is 0 Å². The van der Waals surface area contributed by atoms with Crippen LogP contribution in [0.4, 0.5) is 0 Å². The van der Waals surface area contributed by atoms with Crippen LogP contribution in [0.1, 0.15) is 57.7 Å². The van der Waals surface area contributed by atoms with E-state index >= 15 is 0 Å². The Kier molecular flexibility index (Phi) is 5.80. The normalized spacial score (nSPS) is 18.5. The summed E-state index contributed by atoms with van der Waals surface area (Å²) in [6, 6.07) is 19.0. The van der Waals surface area contributed by atoms with Gasteiger partial charge in [0, 0.05) is 17.1 Å². The van der Waals surface area contributed by atoms with Crippen LogP contribution >= 0.6 is 0 Å². The van der Waals surface area contributed by atoms with E-state index in [2.05, 4.69) is 5.32 Å². The number of hydrogen-bond donors (Lipinski definition) is 2. The number of amides is 2. The van der Waals surface area contributed by atoms with Crippen LogP contribution in [-0.4, -0.2) is 33.8 Å². The Balaban J connectivity index is 1.89. The summed E-state index contributed by atoms with van der Waals surface area (Å²) < 4.78 is 0. The number of nitrogens with one attached hydrogen (secondary N) is 1. The first-order valence-corrected chi connectivity index (χ1v) is 10.1. The molecule has 5 nitrogen and oxygen atoms in total. The predicted molar refractivity (Wildman–Crippen MR) is 115 cm³/mol.